The molecular formula is C14H29N3O. The second-order valence-corrected chi connectivity index (χ2v) is 5.58. The zero-order valence-corrected chi connectivity index (χ0v) is 12.3. The largest absolute Gasteiger partial charge is 0.353 e. The normalized spacial score (nSPS) is 22.2. The molecule has 4 nitrogen and oxygen atoms in total. The van der Waals surface area contributed by atoms with E-state index in [1.807, 2.05) is 20.8 Å². The van der Waals surface area contributed by atoms with Gasteiger partial charge in [0.15, 0.2) is 0 Å². The van der Waals surface area contributed by atoms with E-state index < -0.39 is 0 Å². The smallest absolute Gasteiger partial charge is 0.237 e. The first-order chi connectivity index (χ1) is 8.56. The van der Waals surface area contributed by atoms with Gasteiger partial charge in [0.1, 0.15) is 0 Å². The van der Waals surface area contributed by atoms with Crippen molar-refractivity contribution >= 4 is 5.91 Å². The Morgan fingerprint density at radius 1 is 1.44 bits per heavy atom. The van der Waals surface area contributed by atoms with Crippen LogP contribution in [0.5, 0.6) is 0 Å². The minimum atomic E-state index is -0.0303. The van der Waals surface area contributed by atoms with E-state index in [2.05, 4.69) is 22.5 Å². The molecule has 0 aliphatic carbocycles. The van der Waals surface area contributed by atoms with Gasteiger partial charge in [0.25, 0.3) is 0 Å². The number of nitrogens with zero attached hydrogens (tertiary/aromatic N) is 1. The van der Waals surface area contributed by atoms with Gasteiger partial charge in [-0.05, 0) is 53.1 Å². The summed E-state index contributed by atoms with van der Waals surface area (Å²) in [6.07, 6.45) is 3.51. The third-order valence-electron chi connectivity index (χ3n) is 3.53. The van der Waals surface area contributed by atoms with Crippen LogP contribution in [-0.4, -0.2) is 48.6 Å². The molecule has 1 fully saturated rings. The van der Waals surface area contributed by atoms with Gasteiger partial charge in [0.2, 0.25) is 5.91 Å². The van der Waals surface area contributed by atoms with Crippen LogP contribution in [-0.2, 0) is 4.79 Å². The van der Waals surface area contributed by atoms with Crippen LogP contribution >= 0.6 is 0 Å². The highest BCUT2D eigenvalue weighted by Crippen LogP contribution is 2.14. The van der Waals surface area contributed by atoms with Gasteiger partial charge in [-0.3, -0.25) is 9.69 Å². The molecule has 106 valence electrons. The molecule has 1 aliphatic rings. The van der Waals surface area contributed by atoms with E-state index in [1.54, 1.807) is 0 Å². The van der Waals surface area contributed by atoms with E-state index in [1.165, 1.54) is 12.8 Å². The number of carbonyl (C=O) groups excluding carboxylic acids is 1. The molecule has 0 bridgehead atoms. The van der Waals surface area contributed by atoms with Crippen LogP contribution in [0.15, 0.2) is 0 Å². The minimum absolute atomic E-state index is 0.0303. The number of amides is 1. The van der Waals surface area contributed by atoms with E-state index >= 15 is 0 Å². The summed E-state index contributed by atoms with van der Waals surface area (Å²) in [7, 11) is 0. The SMILES string of the molecule is CCCN(C1CCCNC1)C(C)C(=O)NC(C)C. The standard InChI is InChI=1S/C14H29N3O/c1-5-9-17(13-7-6-8-15-10-13)12(4)14(18)16-11(2)3/h11-13,15H,5-10H2,1-4H3,(H,16,18). The van der Waals surface area contributed by atoms with Crippen LogP contribution < -0.4 is 10.6 Å². The van der Waals surface area contributed by atoms with Gasteiger partial charge < -0.3 is 10.6 Å². The maximum Gasteiger partial charge on any atom is 0.237 e. The van der Waals surface area contributed by atoms with E-state index in [0.29, 0.717) is 6.04 Å². The molecular weight excluding hydrogens is 226 g/mol. The molecule has 1 heterocycles. The molecule has 0 saturated carbocycles. The molecule has 1 rings (SSSR count). The molecule has 2 atom stereocenters. The average molecular weight is 255 g/mol. The number of piperidine rings is 1. The zero-order chi connectivity index (χ0) is 13.5. The maximum atomic E-state index is 12.1. The van der Waals surface area contributed by atoms with Crippen molar-refractivity contribution in [3.8, 4) is 0 Å². The fraction of sp³-hybridized carbons (Fsp3) is 0.929. The van der Waals surface area contributed by atoms with Crippen LogP contribution in [0.4, 0.5) is 0 Å². The zero-order valence-electron chi connectivity index (χ0n) is 12.3. The second kappa shape index (κ2) is 7.74. The number of hydrogen-bond donors (Lipinski definition) is 2. The molecule has 0 spiro atoms. The molecule has 1 aliphatic heterocycles. The van der Waals surface area contributed by atoms with Gasteiger partial charge in [0, 0.05) is 18.6 Å². The van der Waals surface area contributed by atoms with Crippen LogP contribution in [0.25, 0.3) is 0 Å². The lowest BCUT2D eigenvalue weighted by molar-refractivity contribution is -0.127. The molecule has 2 unspecified atom stereocenters. The number of carbonyl (C=O) groups is 1. The fourth-order valence-electron chi connectivity index (χ4n) is 2.62. The topological polar surface area (TPSA) is 44.4 Å². The van der Waals surface area contributed by atoms with Crippen LogP contribution in [0.1, 0.15) is 47.0 Å². The van der Waals surface area contributed by atoms with E-state index in [4.69, 9.17) is 0 Å². The maximum absolute atomic E-state index is 12.1. The Labute approximate surface area is 111 Å². The summed E-state index contributed by atoms with van der Waals surface area (Å²) in [6.45, 7) is 11.4. The Balaban J connectivity index is 2.61. The van der Waals surface area contributed by atoms with Crippen LogP contribution in [0.3, 0.4) is 0 Å². The van der Waals surface area contributed by atoms with Crippen LogP contribution in [0.2, 0.25) is 0 Å². The lowest BCUT2D eigenvalue weighted by atomic mass is 10.0. The average Bonchev–Trinajstić information content (AvgIpc) is 2.35. The highest BCUT2D eigenvalue weighted by Gasteiger charge is 2.28. The molecule has 2 N–H and O–H groups in total. The van der Waals surface area contributed by atoms with Crippen LogP contribution in [0, 0.1) is 0 Å². The predicted octanol–water partition coefficient (Wildman–Crippen LogP) is 1.36. The predicted molar refractivity (Wildman–Crippen MR) is 75.6 cm³/mol. The van der Waals surface area contributed by atoms with E-state index in [9.17, 15) is 4.79 Å². The second-order valence-electron chi connectivity index (χ2n) is 5.58. The molecule has 1 amide bonds. The Kier molecular flexibility index (Phi) is 6.65. The monoisotopic (exact) mass is 255 g/mol. The van der Waals surface area contributed by atoms with Gasteiger partial charge in [-0.25, -0.2) is 0 Å². The van der Waals surface area contributed by atoms with Crippen molar-refractivity contribution in [2.75, 3.05) is 19.6 Å². The van der Waals surface area contributed by atoms with Crippen molar-refractivity contribution in [2.45, 2.75) is 65.1 Å². The van der Waals surface area contributed by atoms with Crippen molar-refractivity contribution in [1.29, 1.82) is 0 Å². The third kappa shape index (κ3) is 4.58. The molecule has 0 aromatic heterocycles. The lowest BCUT2D eigenvalue weighted by Crippen LogP contribution is -2.55. The van der Waals surface area contributed by atoms with Crippen molar-refractivity contribution in [3.63, 3.8) is 0 Å². The summed E-state index contributed by atoms with van der Waals surface area (Å²) < 4.78 is 0. The number of hydrogen-bond acceptors (Lipinski definition) is 3. The first-order valence-electron chi connectivity index (χ1n) is 7.33. The van der Waals surface area contributed by atoms with Crippen molar-refractivity contribution in [1.82, 2.24) is 15.5 Å². The summed E-state index contributed by atoms with van der Waals surface area (Å²) in [5, 5.41) is 6.45. The molecule has 4 heteroatoms. The van der Waals surface area contributed by atoms with E-state index in [0.717, 1.165) is 26.1 Å². The van der Waals surface area contributed by atoms with Crippen molar-refractivity contribution < 1.29 is 4.79 Å². The molecule has 1 saturated heterocycles. The Hall–Kier alpha value is -0.610. The number of nitrogens with one attached hydrogen (secondary N) is 2. The van der Waals surface area contributed by atoms with Gasteiger partial charge in [0.05, 0.1) is 6.04 Å². The van der Waals surface area contributed by atoms with Gasteiger partial charge in [-0.1, -0.05) is 6.92 Å². The summed E-state index contributed by atoms with van der Waals surface area (Å²) in [4.78, 5) is 14.5. The summed E-state index contributed by atoms with van der Waals surface area (Å²) >= 11 is 0. The lowest BCUT2D eigenvalue weighted by Gasteiger charge is -2.38. The van der Waals surface area contributed by atoms with Gasteiger partial charge >= 0.3 is 0 Å². The van der Waals surface area contributed by atoms with E-state index in [-0.39, 0.29) is 18.0 Å². The first-order valence-corrected chi connectivity index (χ1v) is 7.33. The highest BCUT2D eigenvalue weighted by atomic mass is 16.2. The Morgan fingerprint density at radius 2 is 2.17 bits per heavy atom. The third-order valence-corrected chi connectivity index (χ3v) is 3.53. The molecule has 0 aromatic carbocycles. The highest BCUT2D eigenvalue weighted by molar-refractivity contribution is 5.81. The summed E-state index contributed by atoms with van der Waals surface area (Å²) in [5.41, 5.74) is 0. The van der Waals surface area contributed by atoms with Crippen molar-refractivity contribution in [2.24, 2.45) is 0 Å². The Morgan fingerprint density at radius 3 is 2.67 bits per heavy atom. The Bertz CT molecular complexity index is 249. The minimum Gasteiger partial charge on any atom is -0.353 e. The first kappa shape index (κ1) is 15.4. The number of rotatable bonds is 6. The molecule has 0 aromatic rings. The fourth-order valence-corrected chi connectivity index (χ4v) is 2.62. The van der Waals surface area contributed by atoms with Crippen molar-refractivity contribution in [3.05, 3.63) is 0 Å². The van der Waals surface area contributed by atoms with Gasteiger partial charge in [-0.2, -0.15) is 0 Å². The summed E-state index contributed by atoms with van der Waals surface area (Å²) in [6, 6.07) is 0.691. The molecule has 18 heavy (non-hydrogen) atoms. The van der Waals surface area contributed by atoms with Gasteiger partial charge in [-0.15, -0.1) is 0 Å². The quantitative estimate of drug-likeness (QED) is 0.753. The summed E-state index contributed by atoms with van der Waals surface area (Å²) in [5.74, 6) is 0.157. The molecule has 0 radical (unpaired) electrons.